The van der Waals surface area contributed by atoms with Gasteiger partial charge in [-0.25, -0.2) is 0 Å². The summed E-state index contributed by atoms with van der Waals surface area (Å²) in [6, 6.07) is 5.56. The van der Waals surface area contributed by atoms with E-state index in [9.17, 15) is 4.79 Å². The molecule has 2 nitrogen and oxygen atoms in total. The largest absolute Gasteiger partial charge is 0.469 e. The fourth-order valence-electron chi connectivity index (χ4n) is 1.69. The average Bonchev–Trinajstić information content (AvgIpc) is 2.21. The van der Waals surface area contributed by atoms with Crippen LogP contribution >= 0.6 is 11.6 Å². The van der Waals surface area contributed by atoms with Crippen LogP contribution in [0.2, 0.25) is 5.02 Å². The Morgan fingerprint density at radius 3 is 2.67 bits per heavy atom. The first-order chi connectivity index (χ1) is 7.10. The average molecular weight is 227 g/mol. The second kappa shape index (κ2) is 5.17. The number of hydrogen-bond acceptors (Lipinski definition) is 2. The zero-order valence-corrected chi connectivity index (χ0v) is 9.97. The van der Waals surface area contributed by atoms with Crippen LogP contribution in [0.3, 0.4) is 0 Å². The minimum atomic E-state index is -0.192. The molecule has 0 aromatic heterocycles. The molecule has 0 amide bonds. The SMILES string of the molecule is CCC(C(=O)OC)c1ccc(Cl)cc1C. The lowest BCUT2D eigenvalue weighted by Crippen LogP contribution is -2.14. The topological polar surface area (TPSA) is 26.3 Å². The third-order valence-electron chi connectivity index (χ3n) is 2.50. The van der Waals surface area contributed by atoms with E-state index in [4.69, 9.17) is 16.3 Å². The van der Waals surface area contributed by atoms with Crippen molar-refractivity contribution in [3.63, 3.8) is 0 Å². The van der Waals surface area contributed by atoms with Crippen molar-refractivity contribution in [2.75, 3.05) is 7.11 Å². The van der Waals surface area contributed by atoms with Gasteiger partial charge in [0.05, 0.1) is 13.0 Å². The molecule has 1 rings (SSSR count). The minimum absolute atomic E-state index is 0.188. The predicted molar refractivity (Wildman–Crippen MR) is 61.2 cm³/mol. The molecule has 0 radical (unpaired) electrons. The van der Waals surface area contributed by atoms with Gasteiger partial charge in [0.1, 0.15) is 0 Å². The first-order valence-corrected chi connectivity index (χ1v) is 5.31. The molecule has 0 fully saturated rings. The summed E-state index contributed by atoms with van der Waals surface area (Å²) in [5.41, 5.74) is 2.02. The van der Waals surface area contributed by atoms with Gasteiger partial charge in [0, 0.05) is 5.02 Å². The summed E-state index contributed by atoms with van der Waals surface area (Å²) in [6.07, 6.45) is 0.731. The number of halogens is 1. The number of hydrogen-bond donors (Lipinski definition) is 0. The van der Waals surface area contributed by atoms with E-state index in [1.165, 1.54) is 7.11 Å². The number of esters is 1. The van der Waals surface area contributed by atoms with Crippen LogP contribution in [0.15, 0.2) is 18.2 Å². The Morgan fingerprint density at radius 1 is 1.53 bits per heavy atom. The van der Waals surface area contributed by atoms with E-state index in [0.29, 0.717) is 5.02 Å². The van der Waals surface area contributed by atoms with Gasteiger partial charge in [-0.2, -0.15) is 0 Å². The van der Waals surface area contributed by atoms with Gasteiger partial charge in [-0.15, -0.1) is 0 Å². The Labute approximate surface area is 95.2 Å². The zero-order chi connectivity index (χ0) is 11.4. The maximum atomic E-state index is 11.5. The molecule has 1 aromatic rings. The third kappa shape index (κ3) is 2.72. The van der Waals surface area contributed by atoms with Gasteiger partial charge in [-0.3, -0.25) is 4.79 Å². The highest BCUT2D eigenvalue weighted by molar-refractivity contribution is 6.30. The lowest BCUT2D eigenvalue weighted by atomic mass is 9.93. The first kappa shape index (κ1) is 12.1. The van der Waals surface area contributed by atoms with Gasteiger partial charge >= 0.3 is 5.97 Å². The van der Waals surface area contributed by atoms with E-state index < -0.39 is 0 Å². The second-order valence-electron chi connectivity index (χ2n) is 3.48. The molecule has 0 aliphatic carbocycles. The highest BCUT2D eigenvalue weighted by Gasteiger charge is 2.20. The molecule has 0 aliphatic heterocycles. The van der Waals surface area contributed by atoms with E-state index in [-0.39, 0.29) is 11.9 Å². The van der Waals surface area contributed by atoms with Crippen molar-refractivity contribution in [3.8, 4) is 0 Å². The van der Waals surface area contributed by atoms with E-state index in [0.717, 1.165) is 17.5 Å². The molecule has 0 N–H and O–H groups in total. The van der Waals surface area contributed by atoms with E-state index in [1.807, 2.05) is 26.0 Å². The van der Waals surface area contributed by atoms with Crippen molar-refractivity contribution in [1.29, 1.82) is 0 Å². The van der Waals surface area contributed by atoms with E-state index >= 15 is 0 Å². The highest BCUT2D eigenvalue weighted by Crippen LogP contribution is 2.26. The lowest BCUT2D eigenvalue weighted by molar-refractivity contribution is -0.142. The van der Waals surface area contributed by atoms with Crippen LogP contribution in [0, 0.1) is 6.92 Å². The van der Waals surface area contributed by atoms with Gasteiger partial charge in [0.25, 0.3) is 0 Å². The van der Waals surface area contributed by atoms with Crippen LogP contribution in [0.1, 0.15) is 30.4 Å². The summed E-state index contributed by atoms with van der Waals surface area (Å²) in [5, 5.41) is 0.691. The van der Waals surface area contributed by atoms with Crippen LogP contribution in [0.25, 0.3) is 0 Å². The maximum absolute atomic E-state index is 11.5. The highest BCUT2D eigenvalue weighted by atomic mass is 35.5. The first-order valence-electron chi connectivity index (χ1n) is 4.94. The van der Waals surface area contributed by atoms with Crippen molar-refractivity contribution in [2.45, 2.75) is 26.2 Å². The van der Waals surface area contributed by atoms with Gasteiger partial charge in [0.15, 0.2) is 0 Å². The number of aryl methyl sites for hydroxylation is 1. The number of methoxy groups -OCH3 is 1. The summed E-state index contributed by atoms with van der Waals surface area (Å²) in [6.45, 7) is 3.92. The van der Waals surface area contributed by atoms with Crippen molar-refractivity contribution in [3.05, 3.63) is 34.3 Å². The molecule has 1 atom stereocenters. The van der Waals surface area contributed by atoms with Crippen LogP contribution in [-0.2, 0) is 9.53 Å². The smallest absolute Gasteiger partial charge is 0.313 e. The van der Waals surface area contributed by atoms with Gasteiger partial charge in [0.2, 0.25) is 0 Å². The van der Waals surface area contributed by atoms with Crippen LogP contribution in [0.4, 0.5) is 0 Å². The van der Waals surface area contributed by atoms with Crippen LogP contribution in [0.5, 0.6) is 0 Å². The van der Waals surface area contributed by atoms with Crippen LogP contribution < -0.4 is 0 Å². The standard InChI is InChI=1S/C12H15ClO2/c1-4-10(12(14)15-3)11-6-5-9(13)7-8(11)2/h5-7,10H,4H2,1-3H3. The summed E-state index contributed by atoms with van der Waals surface area (Å²) >= 11 is 5.86. The van der Waals surface area contributed by atoms with Gasteiger partial charge in [-0.05, 0) is 36.6 Å². The van der Waals surface area contributed by atoms with E-state index in [1.54, 1.807) is 6.07 Å². The van der Waals surface area contributed by atoms with Crippen molar-refractivity contribution >= 4 is 17.6 Å². The molecule has 0 saturated heterocycles. The molecule has 3 heteroatoms. The normalized spacial score (nSPS) is 12.3. The monoisotopic (exact) mass is 226 g/mol. The van der Waals surface area contributed by atoms with Crippen molar-refractivity contribution in [2.24, 2.45) is 0 Å². The molecule has 0 bridgehead atoms. The fraction of sp³-hybridized carbons (Fsp3) is 0.417. The molecular weight excluding hydrogens is 212 g/mol. The molecule has 0 saturated carbocycles. The summed E-state index contributed by atoms with van der Waals surface area (Å²) < 4.78 is 4.77. The number of rotatable bonds is 3. The number of carbonyl (C=O) groups excluding carboxylic acids is 1. The molecule has 0 spiro atoms. The molecule has 82 valence electrons. The predicted octanol–water partition coefficient (Wildman–Crippen LogP) is 3.32. The van der Waals surface area contributed by atoms with Crippen molar-refractivity contribution in [1.82, 2.24) is 0 Å². The Balaban J connectivity index is 3.07. The Morgan fingerprint density at radius 2 is 2.20 bits per heavy atom. The van der Waals surface area contributed by atoms with Crippen molar-refractivity contribution < 1.29 is 9.53 Å². The number of benzene rings is 1. The summed E-state index contributed by atoms with van der Waals surface area (Å²) in [4.78, 5) is 11.5. The molecule has 0 aliphatic rings. The molecule has 1 unspecified atom stereocenters. The van der Waals surface area contributed by atoms with Gasteiger partial charge < -0.3 is 4.74 Å². The molecule has 15 heavy (non-hydrogen) atoms. The lowest BCUT2D eigenvalue weighted by Gasteiger charge is -2.15. The minimum Gasteiger partial charge on any atom is -0.469 e. The summed E-state index contributed by atoms with van der Waals surface area (Å²) in [5.74, 6) is -0.379. The van der Waals surface area contributed by atoms with Gasteiger partial charge in [-0.1, -0.05) is 24.6 Å². The fourth-order valence-corrected chi connectivity index (χ4v) is 1.91. The quantitative estimate of drug-likeness (QED) is 0.740. The number of ether oxygens (including phenoxy) is 1. The zero-order valence-electron chi connectivity index (χ0n) is 9.21. The maximum Gasteiger partial charge on any atom is 0.313 e. The Kier molecular flexibility index (Phi) is 4.15. The third-order valence-corrected chi connectivity index (χ3v) is 2.74. The molecule has 1 aromatic carbocycles. The van der Waals surface area contributed by atoms with Crippen LogP contribution in [-0.4, -0.2) is 13.1 Å². The Bertz CT molecular complexity index is 361. The molecular formula is C12H15ClO2. The molecule has 0 heterocycles. The second-order valence-corrected chi connectivity index (χ2v) is 3.92. The summed E-state index contributed by atoms with van der Waals surface area (Å²) in [7, 11) is 1.41. The Hall–Kier alpha value is -1.02. The van der Waals surface area contributed by atoms with E-state index in [2.05, 4.69) is 0 Å². The number of carbonyl (C=O) groups is 1.